The maximum Gasteiger partial charge on any atom is 0.0240 e. The third-order valence-electron chi connectivity index (χ3n) is 2.63. The van der Waals surface area contributed by atoms with Crippen LogP contribution in [0.3, 0.4) is 0 Å². The maximum absolute atomic E-state index is 3.94. The van der Waals surface area contributed by atoms with Gasteiger partial charge in [0.2, 0.25) is 0 Å². The van der Waals surface area contributed by atoms with Crippen LogP contribution in [0.4, 0.5) is 0 Å². The minimum atomic E-state index is 0.883. The van der Waals surface area contributed by atoms with Gasteiger partial charge in [-0.3, -0.25) is 4.90 Å². The van der Waals surface area contributed by atoms with Crippen LogP contribution in [0.2, 0.25) is 0 Å². The largest absolute Gasteiger partial charge is 0.292 e. The van der Waals surface area contributed by atoms with Crippen molar-refractivity contribution in [1.29, 1.82) is 0 Å². The zero-order chi connectivity index (χ0) is 12.7. The fraction of sp³-hybridized carbons (Fsp3) is 0.250. The lowest BCUT2D eigenvalue weighted by molar-refractivity contribution is 0.328. The van der Waals surface area contributed by atoms with Crippen molar-refractivity contribution in [3.63, 3.8) is 0 Å². The molecule has 0 aliphatic heterocycles. The first-order valence-electron chi connectivity index (χ1n) is 5.86. The van der Waals surface area contributed by atoms with E-state index in [1.807, 2.05) is 19.1 Å². The molecular formula is C16H21N. The van der Waals surface area contributed by atoms with Crippen molar-refractivity contribution in [2.75, 3.05) is 13.1 Å². The highest BCUT2D eigenvalue weighted by molar-refractivity contribution is 5.61. The van der Waals surface area contributed by atoms with Gasteiger partial charge in [-0.15, -0.1) is 13.2 Å². The SMILES string of the molecule is C=CCN(CC=C)Cc1ccc(C(=C)C)cc1. The van der Waals surface area contributed by atoms with Crippen molar-refractivity contribution in [3.8, 4) is 0 Å². The minimum Gasteiger partial charge on any atom is -0.292 e. The van der Waals surface area contributed by atoms with Gasteiger partial charge in [-0.05, 0) is 18.1 Å². The van der Waals surface area contributed by atoms with Gasteiger partial charge in [0.1, 0.15) is 0 Å². The lowest BCUT2D eigenvalue weighted by Crippen LogP contribution is -2.23. The Bertz CT molecular complexity index is 376. The molecule has 0 saturated carbocycles. The number of nitrogens with zero attached hydrogens (tertiary/aromatic N) is 1. The minimum absolute atomic E-state index is 0.883. The Morgan fingerprint density at radius 2 is 1.65 bits per heavy atom. The summed E-state index contributed by atoms with van der Waals surface area (Å²) >= 11 is 0. The van der Waals surface area contributed by atoms with E-state index in [1.54, 1.807) is 0 Å². The summed E-state index contributed by atoms with van der Waals surface area (Å²) < 4.78 is 0. The number of benzene rings is 1. The van der Waals surface area contributed by atoms with E-state index in [0.717, 1.165) is 25.2 Å². The molecule has 0 aliphatic rings. The Morgan fingerprint density at radius 3 is 2.06 bits per heavy atom. The molecule has 0 aromatic heterocycles. The number of hydrogen-bond acceptors (Lipinski definition) is 1. The molecule has 1 aromatic rings. The highest BCUT2D eigenvalue weighted by Gasteiger charge is 2.02. The normalized spacial score (nSPS) is 10.2. The third kappa shape index (κ3) is 4.41. The quantitative estimate of drug-likeness (QED) is 0.639. The molecule has 1 aromatic carbocycles. The van der Waals surface area contributed by atoms with Crippen LogP contribution >= 0.6 is 0 Å². The van der Waals surface area contributed by atoms with Gasteiger partial charge in [-0.25, -0.2) is 0 Å². The molecule has 0 amide bonds. The van der Waals surface area contributed by atoms with E-state index in [4.69, 9.17) is 0 Å². The van der Waals surface area contributed by atoms with Crippen molar-refractivity contribution < 1.29 is 0 Å². The molecular weight excluding hydrogens is 206 g/mol. The summed E-state index contributed by atoms with van der Waals surface area (Å²) in [6.45, 7) is 16.2. The van der Waals surface area contributed by atoms with Crippen LogP contribution in [0.25, 0.3) is 5.57 Å². The van der Waals surface area contributed by atoms with Gasteiger partial charge in [0.15, 0.2) is 0 Å². The molecule has 0 heterocycles. The molecule has 0 N–H and O–H groups in total. The van der Waals surface area contributed by atoms with Gasteiger partial charge >= 0.3 is 0 Å². The lowest BCUT2D eigenvalue weighted by atomic mass is 10.1. The molecule has 0 spiro atoms. The predicted octanol–water partition coefficient (Wildman–Crippen LogP) is 3.89. The molecule has 0 atom stereocenters. The average Bonchev–Trinajstić information content (AvgIpc) is 2.30. The number of allylic oxidation sites excluding steroid dienone is 1. The summed E-state index contributed by atoms with van der Waals surface area (Å²) in [6, 6.07) is 8.56. The number of rotatable bonds is 7. The van der Waals surface area contributed by atoms with E-state index in [1.165, 1.54) is 11.1 Å². The molecule has 0 fully saturated rings. The Morgan fingerprint density at radius 1 is 1.12 bits per heavy atom. The second-order valence-electron chi connectivity index (χ2n) is 4.25. The van der Waals surface area contributed by atoms with Crippen molar-refractivity contribution in [2.24, 2.45) is 0 Å². The Labute approximate surface area is 105 Å². The first-order chi connectivity index (χ1) is 8.17. The van der Waals surface area contributed by atoms with Crippen molar-refractivity contribution in [2.45, 2.75) is 13.5 Å². The molecule has 1 nitrogen and oxygen atoms in total. The van der Waals surface area contributed by atoms with Gasteiger partial charge < -0.3 is 0 Å². The van der Waals surface area contributed by atoms with Gasteiger partial charge in [-0.2, -0.15) is 0 Å². The third-order valence-corrected chi connectivity index (χ3v) is 2.63. The monoisotopic (exact) mass is 227 g/mol. The van der Waals surface area contributed by atoms with Gasteiger partial charge in [0.05, 0.1) is 0 Å². The van der Waals surface area contributed by atoms with Crippen molar-refractivity contribution >= 4 is 5.57 Å². The predicted molar refractivity (Wildman–Crippen MR) is 76.8 cm³/mol. The van der Waals surface area contributed by atoms with E-state index < -0.39 is 0 Å². The summed E-state index contributed by atoms with van der Waals surface area (Å²) in [4.78, 5) is 2.29. The molecule has 90 valence electrons. The highest BCUT2D eigenvalue weighted by atomic mass is 15.1. The van der Waals surface area contributed by atoms with Crippen LogP contribution in [0, 0.1) is 0 Å². The zero-order valence-electron chi connectivity index (χ0n) is 10.7. The van der Waals surface area contributed by atoms with Crippen molar-refractivity contribution in [1.82, 2.24) is 4.90 Å². The second kappa shape index (κ2) is 6.87. The van der Waals surface area contributed by atoms with Crippen LogP contribution in [-0.4, -0.2) is 18.0 Å². The van der Waals surface area contributed by atoms with Crippen LogP contribution < -0.4 is 0 Å². The van der Waals surface area contributed by atoms with Crippen molar-refractivity contribution in [3.05, 3.63) is 67.3 Å². The van der Waals surface area contributed by atoms with E-state index in [9.17, 15) is 0 Å². The highest BCUT2D eigenvalue weighted by Crippen LogP contribution is 2.13. The molecule has 0 unspecified atom stereocenters. The Kier molecular flexibility index (Phi) is 5.44. The summed E-state index contributed by atoms with van der Waals surface area (Å²) in [5, 5.41) is 0. The Balaban J connectivity index is 2.68. The average molecular weight is 227 g/mol. The van der Waals surface area contributed by atoms with E-state index in [2.05, 4.69) is 48.9 Å². The smallest absolute Gasteiger partial charge is 0.0240 e. The van der Waals surface area contributed by atoms with Crippen LogP contribution in [0.5, 0.6) is 0 Å². The molecule has 0 aliphatic carbocycles. The van der Waals surface area contributed by atoms with E-state index >= 15 is 0 Å². The molecule has 0 bridgehead atoms. The standard InChI is InChI=1S/C16H21N/c1-5-11-17(12-6-2)13-15-7-9-16(10-8-15)14(3)4/h5-10H,1-3,11-13H2,4H3. The van der Waals surface area contributed by atoms with Crippen LogP contribution in [0.15, 0.2) is 56.2 Å². The summed E-state index contributed by atoms with van der Waals surface area (Å²) in [7, 11) is 0. The number of hydrogen-bond donors (Lipinski definition) is 0. The molecule has 1 heteroatoms. The topological polar surface area (TPSA) is 3.24 Å². The van der Waals surface area contributed by atoms with Gasteiger partial charge in [0.25, 0.3) is 0 Å². The van der Waals surface area contributed by atoms with E-state index in [0.29, 0.717) is 0 Å². The zero-order valence-corrected chi connectivity index (χ0v) is 10.7. The molecule has 1 rings (SSSR count). The summed E-state index contributed by atoms with van der Waals surface area (Å²) in [5.41, 5.74) is 3.61. The molecule has 0 saturated heterocycles. The first-order valence-corrected chi connectivity index (χ1v) is 5.86. The fourth-order valence-electron chi connectivity index (χ4n) is 1.72. The van der Waals surface area contributed by atoms with E-state index in [-0.39, 0.29) is 0 Å². The molecule has 0 radical (unpaired) electrons. The molecule has 17 heavy (non-hydrogen) atoms. The maximum atomic E-state index is 3.94. The van der Waals surface area contributed by atoms with Gasteiger partial charge in [0, 0.05) is 19.6 Å². The van der Waals surface area contributed by atoms with Crippen LogP contribution in [0.1, 0.15) is 18.1 Å². The second-order valence-corrected chi connectivity index (χ2v) is 4.25. The first kappa shape index (κ1) is 13.5. The summed E-state index contributed by atoms with van der Waals surface area (Å²) in [5.74, 6) is 0. The summed E-state index contributed by atoms with van der Waals surface area (Å²) in [6.07, 6.45) is 3.84. The lowest BCUT2D eigenvalue weighted by Gasteiger charge is -2.18. The van der Waals surface area contributed by atoms with Gasteiger partial charge in [-0.1, -0.05) is 48.6 Å². The Hall–Kier alpha value is -1.60. The van der Waals surface area contributed by atoms with Crippen LogP contribution in [-0.2, 0) is 6.54 Å². The fourth-order valence-corrected chi connectivity index (χ4v) is 1.72.